The van der Waals surface area contributed by atoms with E-state index in [9.17, 15) is 26.0 Å². The molecule has 1 N–H and O–H groups in total. The lowest BCUT2D eigenvalue weighted by Gasteiger charge is -2.26. The van der Waals surface area contributed by atoms with Gasteiger partial charge in [0, 0.05) is 18.8 Å². The van der Waals surface area contributed by atoms with Crippen LogP contribution in [0.2, 0.25) is 0 Å². The van der Waals surface area contributed by atoms with Crippen LogP contribution in [0, 0.1) is 12.7 Å². The van der Waals surface area contributed by atoms with Crippen LogP contribution in [0.3, 0.4) is 0 Å². The number of carbonyl (C=O) groups excluding carboxylic acids is 1. The summed E-state index contributed by atoms with van der Waals surface area (Å²) in [6.07, 6.45) is 0. The first kappa shape index (κ1) is 26.7. The molecule has 1 aliphatic rings. The van der Waals surface area contributed by atoms with Crippen molar-refractivity contribution >= 4 is 37.3 Å². The van der Waals surface area contributed by atoms with E-state index in [1.807, 2.05) is 6.92 Å². The Morgan fingerprint density at radius 1 is 0.892 bits per heavy atom. The molecule has 3 aromatic rings. The largest absolute Gasteiger partial charge is 0.379 e. The Morgan fingerprint density at radius 3 is 2.05 bits per heavy atom. The van der Waals surface area contributed by atoms with Gasteiger partial charge in [-0.15, -0.1) is 0 Å². The Kier molecular flexibility index (Phi) is 7.93. The second-order valence-electron chi connectivity index (χ2n) is 8.39. The van der Waals surface area contributed by atoms with Gasteiger partial charge in [-0.05, 0) is 67.6 Å². The number of benzene rings is 3. The summed E-state index contributed by atoms with van der Waals surface area (Å²) in [4.78, 5) is 12.8. The van der Waals surface area contributed by atoms with Crippen molar-refractivity contribution in [2.75, 3.05) is 42.5 Å². The van der Waals surface area contributed by atoms with Crippen molar-refractivity contribution in [3.63, 3.8) is 0 Å². The van der Waals surface area contributed by atoms with Crippen LogP contribution in [0.1, 0.15) is 5.56 Å². The molecule has 0 saturated carbocycles. The van der Waals surface area contributed by atoms with Crippen molar-refractivity contribution < 1.29 is 30.8 Å². The smallest absolute Gasteiger partial charge is 0.264 e. The summed E-state index contributed by atoms with van der Waals surface area (Å²) in [7, 11) is -7.89. The van der Waals surface area contributed by atoms with Gasteiger partial charge in [0.2, 0.25) is 15.9 Å². The van der Waals surface area contributed by atoms with Crippen molar-refractivity contribution in [1.29, 1.82) is 0 Å². The van der Waals surface area contributed by atoms with Crippen LogP contribution in [-0.4, -0.2) is 59.9 Å². The van der Waals surface area contributed by atoms with Gasteiger partial charge in [-0.2, -0.15) is 4.31 Å². The zero-order chi connectivity index (χ0) is 26.6. The Morgan fingerprint density at radius 2 is 1.46 bits per heavy atom. The SMILES string of the molecule is Cc1ccc(N(CC(=O)Nc2ccc(S(=O)(=O)N3CCOCC3)cc2)S(=O)(=O)c2ccc(F)cc2)cc1. The van der Waals surface area contributed by atoms with Gasteiger partial charge >= 0.3 is 0 Å². The number of ether oxygens (including phenoxy) is 1. The fourth-order valence-electron chi connectivity index (χ4n) is 3.74. The molecule has 9 nitrogen and oxygen atoms in total. The lowest BCUT2D eigenvalue weighted by Crippen LogP contribution is -2.40. The highest BCUT2D eigenvalue weighted by molar-refractivity contribution is 7.92. The standard InChI is InChI=1S/C25H26FN3O6S2/c1-19-2-8-22(9-3-19)29(37(33,34)24-10-4-20(26)5-11-24)18-25(30)27-21-6-12-23(13-7-21)36(31,32)28-14-16-35-17-15-28/h2-13H,14-18H2,1H3,(H,27,30). The number of aryl methyl sites for hydroxylation is 1. The molecular formula is C25H26FN3O6S2. The van der Waals surface area contributed by atoms with Gasteiger partial charge < -0.3 is 10.1 Å². The van der Waals surface area contributed by atoms with Crippen molar-refractivity contribution in [1.82, 2.24) is 4.31 Å². The van der Waals surface area contributed by atoms with E-state index in [0.717, 1.165) is 34.1 Å². The monoisotopic (exact) mass is 547 g/mol. The minimum atomic E-state index is -4.20. The Hall–Kier alpha value is -3.32. The van der Waals surface area contributed by atoms with Crippen LogP contribution in [0.5, 0.6) is 0 Å². The predicted molar refractivity (Wildman–Crippen MR) is 137 cm³/mol. The number of nitrogens with one attached hydrogen (secondary N) is 1. The van der Waals surface area contributed by atoms with E-state index >= 15 is 0 Å². The fraction of sp³-hybridized carbons (Fsp3) is 0.240. The first-order chi connectivity index (χ1) is 17.6. The number of carbonyl (C=O) groups is 1. The maximum Gasteiger partial charge on any atom is 0.264 e. The highest BCUT2D eigenvalue weighted by Crippen LogP contribution is 2.25. The summed E-state index contributed by atoms with van der Waals surface area (Å²) < 4.78 is 73.2. The van der Waals surface area contributed by atoms with Crippen molar-refractivity contribution in [2.24, 2.45) is 0 Å². The van der Waals surface area contributed by atoms with Crippen LogP contribution < -0.4 is 9.62 Å². The highest BCUT2D eigenvalue weighted by Gasteiger charge is 2.28. The molecule has 196 valence electrons. The van der Waals surface area contributed by atoms with E-state index in [1.54, 1.807) is 24.3 Å². The summed E-state index contributed by atoms with van der Waals surface area (Å²) in [6, 6.07) is 16.6. The molecule has 0 bridgehead atoms. The maximum atomic E-state index is 13.4. The highest BCUT2D eigenvalue weighted by atomic mass is 32.2. The zero-order valence-corrected chi connectivity index (χ0v) is 21.6. The third kappa shape index (κ3) is 6.16. The molecule has 1 fully saturated rings. The first-order valence-electron chi connectivity index (χ1n) is 11.4. The molecule has 1 aliphatic heterocycles. The molecule has 1 heterocycles. The van der Waals surface area contributed by atoms with Crippen molar-refractivity contribution in [2.45, 2.75) is 16.7 Å². The fourth-order valence-corrected chi connectivity index (χ4v) is 6.57. The van der Waals surface area contributed by atoms with E-state index in [4.69, 9.17) is 4.74 Å². The number of hydrogen-bond donors (Lipinski definition) is 1. The van der Waals surface area contributed by atoms with Crippen LogP contribution >= 0.6 is 0 Å². The Balaban J connectivity index is 1.53. The number of amides is 1. The van der Waals surface area contributed by atoms with Gasteiger partial charge in [-0.25, -0.2) is 21.2 Å². The minimum absolute atomic E-state index is 0.0765. The minimum Gasteiger partial charge on any atom is -0.379 e. The molecule has 3 aromatic carbocycles. The van der Waals surface area contributed by atoms with Crippen LogP contribution in [0.15, 0.2) is 82.6 Å². The lowest BCUT2D eigenvalue weighted by atomic mass is 10.2. The molecule has 4 rings (SSSR count). The van der Waals surface area contributed by atoms with E-state index in [0.29, 0.717) is 18.9 Å². The molecule has 0 aromatic heterocycles. The quantitative estimate of drug-likeness (QED) is 0.464. The molecule has 12 heteroatoms. The van der Waals surface area contributed by atoms with Gasteiger partial charge in [0.25, 0.3) is 10.0 Å². The second kappa shape index (κ2) is 11.0. The van der Waals surface area contributed by atoms with E-state index in [-0.39, 0.29) is 28.6 Å². The van der Waals surface area contributed by atoms with Gasteiger partial charge in [-0.3, -0.25) is 9.10 Å². The number of nitrogens with zero attached hydrogens (tertiary/aromatic N) is 2. The van der Waals surface area contributed by atoms with Crippen molar-refractivity contribution in [3.05, 3.63) is 84.2 Å². The molecule has 0 unspecified atom stereocenters. The zero-order valence-electron chi connectivity index (χ0n) is 20.0. The number of anilines is 2. The molecule has 37 heavy (non-hydrogen) atoms. The number of morpholine rings is 1. The summed E-state index contributed by atoms with van der Waals surface area (Å²) in [5, 5.41) is 2.61. The average Bonchev–Trinajstić information content (AvgIpc) is 2.89. The first-order valence-corrected chi connectivity index (χ1v) is 14.3. The summed E-state index contributed by atoms with van der Waals surface area (Å²) >= 11 is 0. The Labute approximate surface area is 215 Å². The average molecular weight is 548 g/mol. The maximum absolute atomic E-state index is 13.4. The van der Waals surface area contributed by atoms with Crippen LogP contribution in [-0.2, 0) is 29.6 Å². The van der Waals surface area contributed by atoms with E-state index in [2.05, 4.69) is 5.32 Å². The number of hydrogen-bond acceptors (Lipinski definition) is 6. The summed E-state index contributed by atoms with van der Waals surface area (Å²) in [6.45, 7) is 2.46. The van der Waals surface area contributed by atoms with E-state index < -0.39 is 38.3 Å². The normalized spacial score (nSPS) is 14.8. The molecule has 1 amide bonds. The summed E-state index contributed by atoms with van der Waals surface area (Å²) in [5.74, 6) is -1.23. The topological polar surface area (TPSA) is 113 Å². The Bertz CT molecular complexity index is 1450. The second-order valence-corrected chi connectivity index (χ2v) is 12.2. The van der Waals surface area contributed by atoms with Crippen molar-refractivity contribution in [3.8, 4) is 0 Å². The third-order valence-electron chi connectivity index (χ3n) is 5.76. The predicted octanol–water partition coefficient (Wildman–Crippen LogP) is 2.99. The number of sulfonamides is 2. The molecule has 0 radical (unpaired) electrons. The molecule has 0 atom stereocenters. The van der Waals surface area contributed by atoms with Crippen LogP contribution in [0.25, 0.3) is 0 Å². The molecule has 0 spiro atoms. The van der Waals surface area contributed by atoms with Gasteiger partial charge in [0.1, 0.15) is 12.4 Å². The van der Waals surface area contributed by atoms with Gasteiger partial charge in [0.15, 0.2) is 0 Å². The van der Waals surface area contributed by atoms with Gasteiger partial charge in [0.05, 0.1) is 28.7 Å². The number of rotatable bonds is 8. The molecular weight excluding hydrogens is 521 g/mol. The van der Waals surface area contributed by atoms with Gasteiger partial charge in [-0.1, -0.05) is 17.7 Å². The van der Waals surface area contributed by atoms with Crippen LogP contribution in [0.4, 0.5) is 15.8 Å². The molecule has 1 saturated heterocycles. The summed E-state index contributed by atoms with van der Waals surface area (Å²) in [5.41, 5.74) is 1.46. The molecule has 0 aliphatic carbocycles. The van der Waals surface area contributed by atoms with E-state index in [1.165, 1.54) is 28.6 Å². The third-order valence-corrected chi connectivity index (χ3v) is 9.46. The lowest BCUT2D eigenvalue weighted by molar-refractivity contribution is -0.114. The number of halogens is 1.